The second-order valence-corrected chi connectivity index (χ2v) is 6.89. The lowest BCUT2D eigenvalue weighted by Gasteiger charge is -2.27. The number of urea groups is 1. The lowest BCUT2D eigenvalue weighted by molar-refractivity contribution is -0.128. The van der Waals surface area contributed by atoms with E-state index in [0.29, 0.717) is 19.5 Å². The summed E-state index contributed by atoms with van der Waals surface area (Å²) in [7, 11) is 0. The van der Waals surface area contributed by atoms with Crippen molar-refractivity contribution < 1.29 is 9.59 Å². The van der Waals surface area contributed by atoms with E-state index in [-0.39, 0.29) is 18.0 Å². The number of carbonyl (C=O) groups is 2. The fourth-order valence-corrected chi connectivity index (χ4v) is 3.81. The molecule has 0 spiro atoms. The maximum atomic E-state index is 13.0. The number of amides is 3. The predicted octanol–water partition coefficient (Wildman–Crippen LogP) is 3.12. The Balaban J connectivity index is 1.53. The Hall–Kier alpha value is -2.82. The SMILES string of the molecule is O=C1CCCN1CC(NC(=O)N1CCc2ccccc21)c1ccccc1. The number of rotatable bonds is 4. The molecule has 5 nitrogen and oxygen atoms in total. The standard InChI is InChI=1S/C21H23N3O2/c25-20-11-6-13-23(20)15-18(16-7-2-1-3-8-16)22-21(26)24-14-12-17-9-4-5-10-19(17)24/h1-5,7-10,18H,6,11-15H2,(H,22,26). The monoisotopic (exact) mass is 349 g/mol. The van der Waals surface area contributed by atoms with Gasteiger partial charge in [-0.3, -0.25) is 9.69 Å². The van der Waals surface area contributed by atoms with Crippen LogP contribution in [0.2, 0.25) is 0 Å². The van der Waals surface area contributed by atoms with Crippen LogP contribution in [-0.2, 0) is 11.2 Å². The molecule has 0 bridgehead atoms. The molecule has 1 atom stereocenters. The molecule has 1 unspecified atom stereocenters. The van der Waals surface area contributed by atoms with Crippen LogP contribution < -0.4 is 10.2 Å². The number of anilines is 1. The van der Waals surface area contributed by atoms with Gasteiger partial charge in [0, 0.05) is 31.7 Å². The van der Waals surface area contributed by atoms with Crippen LogP contribution in [0.25, 0.3) is 0 Å². The van der Waals surface area contributed by atoms with Crippen molar-refractivity contribution in [2.75, 3.05) is 24.5 Å². The van der Waals surface area contributed by atoms with Crippen molar-refractivity contribution in [2.24, 2.45) is 0 Å². The van der Waals surface area contributed by atoms with E-state index in [0.717, 1.165) is 30.6 Å². The first-order valence-corrected chi connectivity index (χ1v) is 9.21. The summed E-state index contributed by atoms with van der Waals surface area (Å²) in [4.78, 5) is 28.7. The third-order valence-electron chi connectivity index (χ3n) is 5.21. The van der Waals surface area contributed by atoms with E-state index in [4.69, 9.17) is 0 Å². The predicted molar refractivity (Wildman–Crippen MR) is 101 cm³/mol. The molecule has 5 heteroatoms. The molecule has 3 amide bonds. The van der Waals surface area contributed by atoms with Gasteiger partial charge < -0.3 is 10.2 Å². The fraction of sp³-hybridized carbons (Fsp3) is 0.333. The van der Waals surface area contributed by atoms with Gasteiger partial charge in [-0.2, -0.15) is 0 Å². The molecule has 0 saturated carbocycles. The van der Waals surface area contributed by atoms with Crippen LogP contribution in [0.3, 0.4) is 0 Å². The van der Waals surface area contributed by atoms with Crippen LogP contribution in [0.5, 0.6) is 0 Å². The van der Waals surface area contributed by atoms with Crippen molar-refractivity contribution in [1.82, 2.24) is 10.2 Å². The van der Waals surface area contributed by atoms with E-state index < -0.39 is 0 Å². The Labute approximate surface area is 153 Å². The summed E-state index contributed by atoms with van der Waals surface area (Å²) in [6.07, 6.45) is 2.38. The number of hydrogen-bond acceptors (Lipinski definition) is 2. The highest BCUT2D eigenvalue weighted by Crippen LogP contribution is 2.28. The van der Waals surface area contributed by atoms with E-state index in [1.165, 1.54) is 5.56 Å². The molecule has 2 heterocycles. The van der Waals surface area contributed by atoms with Gasteiger partial charge >= 0.3 is 6.03 Å². The van der Waals surface area contributed by atoms with E-state index in [1.54, 1.807) is 4.90 Å². The van der Waals surface area contributed by atoms with Crippen LogP contribution in [0, 0.1) is 0 Å². The van der Waals surface area contributed by atoms with E-state index >= 15 is 0 Å². The molecule has 2 aromatic carbocycles. The minimum atomic E-state index is -0.210. The van der Waals surface area contributed by atoms with Crippen molar-refractivity contribution in [3.63, 3.8) is 0 Å². The molecule has 0 aliphatic carbocycles. The van der Waals surface area contributed by atoms with E-state index in [9.17, 15) is 9.59 Å². The molecule has 4 rings (SSSR count). The van der Waals surface area contributed by atoms with Crippen LogP contribution in [0.4, 0.5) is 10.5 Å². The Kier molecular flexibility index (Phi) is 4.61. The summed E-state index contributed by atoms with van der Waals surface area (Å²) in [5, 5.41) is 3.16. The smallest absolute Gasteiger partial charge is 0.322 e. The number of fused-ring (bicyclic) bond motifs is 1. The van der Waals surface area contributed by atoms with Gasteiger partial charge in [-0.05, 0) is 30.0 Å². The Morgan fingerprint density at radius 2 is 1.77 bits per heavy atom. The van der Waals surface area contributed by atoms with Crippen molar-refractivity contribution in [3.05, 3.63) is 65.7 Å². The zero-order valence-electron chi connectivity index (χ0n) is 14.7. The lowest BCUT2D eigenvalue weighted by Crippen LogP contribution is -2.44. The maximum absolute atomic E-state index is 13.0. The van der Waals surface area contributed by atoms with Crippen LogP contribution >= 0.6 is 0 Å². The maximum Gasteiger partial charge on any atom is 0.322 e. The molecular formula is C21H23N3O2. The van der Waals surface area contributed by atoms with E-state index in [1.807, 2.05) is 53.4 Å². The molecule has 2 aliphatic heterocycles. The topological polar surface area (TPSA) is 52.7 Å². The summed E-state index contributed by atoms with van der Waals surface area (Å²) in [5.74, 6) is 0.173. The third-order valence-corrected chi connectivity index (χ3v) is 5.21. The largest absolute Gasteiger partial charge is 0.340 e. The fourth-order valence-electron chi connectivity index (χ4n) is 3.81. The number of nitrogens with one attached hydrogen (secondary N) is 1. The van der Waals surface area contributed by atoms with E-state index in [2.05, 4.69) is 11.4 Å². The van der Waals surface area contributed by atoms with Gasteiger partial charge in [0.1, 0.15) is 0 Å². The molecule has 1 N–H and O–H groups in total. The second kappa shape index (κ2) is 7.20. The average molecular weight is 349 g/mol. The Bertz CT molecular complexity index is 806. The first-order chi connectivity index (χ1) is 12.7. The van der Waals surface area contributed by atoms with Gasteiger partial charge in [0.05, 0.1) is 6.04 Å². The molecule has 26 heavy (non-hydrogen) atoms. The first kappa shape index (κ1) is 16.6. The average Bonchev–Trinajstić information content (AvgIpc) is 3.28. The Morgan fingerprint density at radius 1 is 1.00 bits per heavy atom. The molecule has 134 valence electrons. The number of benzene rings is 2. The van der Waals surface area contributed by atoms with Crippen LogP contribution in [0.15, 0.2) is 54.6 Å². The highest BCUT2D eigenvalue weighted by Gasteiger charge is 2.29. The van der Waals surface area contributed by atoms with Gasteiger partial charge in [-0.1, -0.05) is 48.5 Å². The minimum absolute atomic E-state index is 0.101. The van der Waals surface area contributed by atoms with Crippen molar-refractivity contribution in [1.29, 1.82) is 0 Å². The summed E-state index contributed by atoms with van der Waals surface area (Å²) in [6, 6.07) is 17.6. The zero-order valence-corrected chi connectivity index (χ0v) is 14.7. The molecule has 2 aliphatic rings. The third kappa shape index (κ3) is 3.29. The van der Waals surface area contributed by atoms with Crippen molar-refractivity contribution in [3.8, 4) is 0 Å². The molecule has 0 aromatic heterocycles. The van der Waals surface area contributed by atoms with Gasteiger partial charge in [0.25, 0.3) is 0 Å². The molecule has 1 fully saturated rings. The first-order valence-electron chi connectivity index (χ1n) is 9.21. The number of hydrogen-bond donors (Lipinski definition) is 1. The van der Waals surface area contributed by atoms with Crippen molar-refractivity contribution >= 4 is 17.6 Å². The zero-order chi connectivity index (χ0) is 17.9. The normalized spacial score (nSPS) is 17.3. The number of nitrogens with zero attached hydrogens (tertiary/aromatic N) is 2. The van der Waals surface area contributed by atoms with Gasteiger partial charge in [-0.15, -0.1) is 0 Å². The molecule has 1 saturated heterocycles. The second-order valence-electron chi connectivity index (χ2n) is 6.89. The van der Waals surface area contributed by atoms with Crippen molar-refractivity contribution in [2.45, 2.75) is 25.3 Å². The molecule has 2 aromatic rings. The number of para-hydroxylation sites is 1. The number of carbonyl (C=O) groups excluding carboxylic acids is 2. The van der Waals surface area contributed by atoms with Crippen LogP contribution in [-0.4, -0.2) is 36.5 Å². The summed E-state index contributed by atoms with van der Waals surface area (Å²) < 4.78 is 0. The summed E-state index contributed by atoms with van der Waals surface area (Å²) >= 11 is 0. The molecule has 0 radical (unpaired) electrons. The molecular weight excluding hydrogens is 326 g/mol. The highest BCUT2D eigenvalue weighted by molar-refractivity contribution is 5.94. The quantitative estimate of drug-likeness (QED) is 0.922. The van der Waals surface area contributed by atoms with Gasteiger partial charge in [-0.25, -0.2) is 4.79 Å². The van der Waals surface area contributed by atoms with Crippen LogP contribution in [0.1, 0.15) is 30.0 Å². The minimum Gasteiger partial charge on any atom is -0.340 e. The summed E-state index contributed by atoms with van der Waals surface area (Å²) in [5.41, 5.74) is 3.20. The van der Waals surface area contributed by atoms with Gasteiger partial charge in [0.2, 0.25) is 5.91 Å². The lowest BCUT2D eigenvalue weighted by atomic mass is 10.1. The summed E-state index contributed by atoms with van der Waals surface area (Å²) in [6.45, 7) is 1.98. The number of likely N-dealkylation sites (tertiary alicyclic amines) is 1. The Morgan fingerprint density at radius 3 is 2.54 bits per heavy atom. The highest BCUT2D eigenvalue weighted by atomic mass is 16.2. The van der Waals surface area contributed by atoms with Gasteiger partial charge in [0.15, 0.2) is 0 Å².